The molecule has 1 saturated heterocycles. The molecule has 0 saturated carbocycles. The molecule has 2 unspecified atom stereocenters. The highest BCUT2D eigenvalue weighted by Crippen LogP contribution is 2.22. The van der Waals surface area contributed by atoms with Crippen LogP contribution in [-0.2, 0) is 9.53 Å². The summed E-state index contributed by atoms with van der Waals surface area (Å²) in [5.41, 5.74) is 5.49. The van der Waals surface area contributed by atoms with Crippen molar-refractivity contribution in [3.05, 3.63) is 0 Å². The van der Waals surface area contributed by atoms with Gasteiger partial charge in [0.1, 0.15) is 6.10 Å². The normalized spacial score (nSPS) is 25.8. The fourth-order valence-electron chi connectivity index (χ4n) is 2.13. The quantitative estimate of drug-likeness (QED) is 0.739. The van der Waals surface area contributed by atoms with Crippen LogP contribution < -0.4 is 11.1 Å². The zero-order chi connectivity index (χ0) is 12.2. The molecule has 0 aromatic carbocycles. The Morgan fingerprint density at radius 2 is 2.12 bits per heavy atom. The van der Waals surface area contributed by atoms with Gasteiger partial charge in [0.05, 0.1) is 5.54 Å². The van der Waals surface area contributed by atoms with Crippen LogP contribution in [0, 0.1) is 5.92 Å². The molecule has 1 aliphatic rings. The molecule has 1 heterocycles. The van der Waals surface area contributed by atoms with Crippen molar-refractivity contribution in [1.29, 1.82) is 0 Å². The van der Waals surface area contributed by atoms with Crippen LogP contribution in [0.2, 0.25) is 0 Å². The maximum Gasteiger partial charge on any atom is 0.249 e. The topological polar surface area (TPSA) is 64.3 Å². The van der Waals surface area contributed by atoms with E-state index in [1.54, 1.807) is 0 Å². The monoisotopic (exact) mass is 228 g/mol. The molecule has 0 aromatic rings. The number of nitrogens with two attached hydrogens (primary N) is 1. The van der Waals surface area contributed by atoms with Crippen LogP contribution in [0.15, 0.2) is 0 Å². The van der Waals surface area contributed by atoms with Gasteiger partial charge >= 0.3 is 0 Å². The van der Waals surface area contributed by atoms with Crippen molar-refractivity contribution in [2.75, 3.05) is 13.2 Å². The molecule has 1 fully saturated rings. The van der Waals surface area contributed by atoms with Gasteiger partial charge in [-0.3, -0.25) is 4.79 Å². The van der Waals surface area contributed by atoms with E-state index in [0.717, 1.165) is 19.3 Å². The van der Waals surface area contributed by atoms with Crippen molar-refractivity contribution in [2.45, 2.75) is 51.7 Å². The number of rotatable bonds is 5. The second-order valence-corrected chi connectivity index (χ2v) is 4.74. The average molecular weight is 228 g/mol. The van der Waals surface area contributed by atoms with E-state index in [-0.39, 0.29) is 17.6 Å². The van der Waals surface area contributed by atoms with Crippen LogP contribution in [0.3, 0.4) is 0 Å². The van der Waals surface area contributed by atoms with E-state index in [9.17, 15) is 4.79 Å². The molecule has 0 spiro atoms. The van der Waals surface area contributed by atoms with Gasteiger partial charge in [-0.2, -0.15) is 0 Å². The van der Waals surface area contributed by atoms with Gasteiger partial charge in [-0.25, -0.2) is 0 Å². The van der Waals surface area contributed by atoms with E-state index in [1.165, 1.54) is 0 Å². The number of hydrogen-bond acceptors (Lipinski definition) is 3. The first-order valence-electron chi connectivity index (χ1n) is 6.22. The minimum atomic E-state index is -0.288. The summed E-state index contributed by atoms with van der Waals surface area (Å²) in [4.78, 5) is 12.1. The van der Waals surface area contributed by atoms with E-state index in [0.29, 0.717) is 19.1 Å². The molecule has 0 aromatic heterocycles. The zero-order valence-corrected chi connectivity index (χ0v) is 10.6. The molecule has 0 bridgehead atoms. The lowest BCUT2D eigenvalue weighted by atomic mass is 9.92. The summed E-state index contributed by atoms with van der Waals surface area (Å²) in [5, 5.41) is 3.06. The van der Waals surface area contributed by atoms with Crippen LogP contribution in [0.5, 0.6) is 0 Å². The first kappa shape index (κ1) is 13.5. The largest absolute Gasteiger partial charge is 0.368 e. The minimum Gasteiger partial charge on any atom is -0.368 e. The fraction of sp³-hybridized carbons (Fsp3) is 0.917. The highest BCUT2D eigenvalue weighted by Gasteiger charge is 2.35. The van der Waals surface area contributed by atoms with Crippen molar-refractivity contribution in [3.63, 3.8) is 0 Å². The highest BCUT2D eigenvalue weighted by atomic mass is 16.5. The molecule has 94 valence electrons. The molecular formula is C12H24N2O2. The van der Waals surface area contributed by atoms with Gasteiger partial charge in [-0.15, -0.1) is 0 Å². The molecular weight excluding hydrogens is 204 g/mol. The predicted octanol–water partition coefficient (Wildman–Crippen LogP) is 1.05. The van der Waals surface area contributed by atoms with Gasteiger partial charge in [-0.1, -0.05) is 20.8 Å². The molecule has 3 N–H and O–H groups in total. The van der Waals surface area contributed by atoms with E-state index in [1.807, 2.05) is 0 Å². The lowest BCUT2D eigenvalue weighted by molar-refractivity contribution is -0.133. The zero-order valence-electron chi connectivity index (χ0n) is 10.6. The van der Waals surface area contributed by atoms with Crippen molar-refractivity contribution in [2.24, 2.45) is 11.7 Å². The van der Waals surface area contributed by atoms with Crippen LogP contribution in [-0.4, -0.2) is 30.7 Å². The number of carbonyl (C=O) groups is 1. The molecule has 1 aliphatic heterocycles. The molecule has 0 aliphatic carbocycles. The summed E-state index contributed by atoms with van der Waals surface area (Å²) in [6.45, 7) is 7.32. The van der Waals surface area contributed by atoms with E-state index in [2.05, 4.69) is 26.1 Å². The van der Waals surface area contributed by atoms with Crippen molar-refractivity contribution < 1.29 is 9.53 Å². The fourth-order valence-corrected chi connectivity index (χ4v) is 2.13. The van der Waals surface area contributed by atoms with Gasteiger partial charge < -0.3 is 15.8 Å². The van der Waals surface area contributed by atoms with Gasteiger partial charge in [0.25, 0.3) is 0 Å². The second kappa shape index (κ2) is 5.64. The molecule has 4 nitrogen and oxygen atoms in total. The molecule has 1 amide bonds. The summed E-state index contributed by atoms with van der Waals surface area (Å²) < 4.78 is 5.45. The summed E-state index contributed by atoms with van der Waals surface area (Å²) in [5.74, 6) is 0.309. The number of hydrogen-bond donors (Lipinski definition) is 2. The maximum atomic E-state index is 12.1. The Morgan fingerprint density at radius 3 is 2.50 bits per heavy atom. The standard InChI is InChI=1S/C12H24N2O2/c1-4-12(5-2,8-13)14-11(15)10-9(3)6-7-16-10/h9-10H,4-8,13H2,1-3H3,(H,14,15). The molecule has 2 atom stereocenters. The van der Waals surface area contributed by atoms with Crippen molar-refractivity contribution in [1.82, 2.24) is 5.32 Å². The van der Waals surface area contributed by atoms with Gasteiger partial charge in [0, 0.05) is 13.2 Å². The van der Waals surface area contributed by atoms with Gasteiger partial charge in [0.2, 0.25) is 5.91 Å². The van der Waals surface area contributed by atoms with Crippen LogP contribution in [0.4, 0.5) is 0 Å². The van der Waals surface area contributed by atoms with Gasteiger partial charge in [0.15, 0.2) is 0 Å². The first-order chi connectivity index (χ1) is 7.58. The Kier molecular flexibility index (Phi) is 4.74. The minimum absolute atomic E-state index is 0.000787. The first-order valence-corrected chi connectivity index (χ1v) is 6.22. The van der Waals surface area contributed by atoms with Crippen molar-refractivity contribution >= 4 is 5.91 Å². The number of carbonyl (C=O) groups excluding carboxylic acids is 1. The average Bonchev–Trinajstić information content (AvgIpc) is 2.72. The van der Waals surface area contributed by atoms with Crippen LogP contribution in [0.25, 0.3) is 0 Å². The Bertz CT molecular complexity index is 231. The van der Waals surface area contributed by atoms with E-state index < -0.39 is 0 Å². The molecule has 0 radical (unpaired) electrons. The maximum absolute atomic E-state index is 12.1. The van der Waals surface area contributed by atoms with Crippen LogP contribution >= 0.6 is 0 Å². The third-order valence-corrected chi connectivity index (χ3v) is 3.78. The highest BCUT2D eigenvalue weighted by molar-refractivity contribution is 5.82. The molecule has 16 heavy (non-hydrogen) atoms. The molecule has 4 heteroatoms. The molecule has 1 rings (SSSR count). The Balaban J connectivity index is 2.61. The van der Waals surface area contributed by atoms with E-state index >= 15 is 0 Å². The Morgan fingerprint density at radius 1 is 1.50 bits per heavy atom. The summed E-state index contributed by atoms with van der Waals surface area (Å²) >= 11 is 0. The third-order valence-electron chi connectivity index (χ3n) is 3.78. The Labute approximate surface area is 97.9 Å². The van der Waals surface area contributed by atoms with Crippen LogP contribution in [0.1, 0.15) is 40.0 Å². The third kappa shape index (κ3) is 2.74. The number of ether oxygens (including phenoxy) is 1. The van der Waals surface area contributed by atoms with Crippen molar-refractivity contribution in [3.8, 4) is 0 Å². The van der Waals surface area contributed by atoms with E-state index in [4.69, 9.17) is 10.5 Å². The number of nitrogens with one attached hydrogen (secondary N) is 1. The summed E-state index contributed by atoms with van der Waals surface area (Å²) in [6.07, 6.45) is 2.38. The summed E-state index contributed by atoms with van der Waals surface area (Å²) in [7, 11) is 0. The smallest absolute Gasteiger partial charge is 0.249 e. The van der Waals surface area contributed by atoms with Gasteiger partial charge in [-0.05, 0) is 25.2 Å². The predicted molar refractivity (Wildman–Crippen MR) is 64.0 cm³/mol. The summed E-state index contributed by atoms with van der Waals surface area (Å²) in [6, 6.07) is 0. The Hall–Kier alpha value is -0.610. The SMILES string of the molecule is CCC(CC)(CN)NC(=O)C1OCCC1C. The number of amides is 1. The lowest BCUT2D eigenvalue weighted by Crippen LogP contribution is -2.56. The lowest BCUT2D eigenvalue weighted by Gasteiger charge is -2.33. The second-order valence-electron chi connectivity index (χ2n) is 4.74.